The lowest BCUT2D eigenvalue weighted by molar-refractivity contribution is -0.274. The Kier molecular flexibility index (Phi) is 4.88. The predicted molar refractivity (Wildman–Crippen MR) is 90.1 cm³/mol. The zero-order chi connectivity index (χ0) is 18.7. The highest BCUT2D eigenvalue weighted by Crippen LogP contribution is 2.28. The minimum Gasteiger partial charge on any atom is -0.406 e. The van der Waals surface area contributed by atoms with Crippen LogP contribution in [0.1, 0.15) is 30.1 Å². The molecule has 0 saturated heterocycles. The number of ether oxygens (including phenoxy) is 1. The van der Waals surface area contributed by atoms with Gasteiger partial charge in [-0.3, -0.25) is 4.79 Å². The van der Waals surface area contributed by atoms with Crippen LogP contribution in [-0.2, 0) is 4.79 Å². The molecule has 2 N–H and O–H groups in total. The van der Waals surface area contributed by atoms with Crippen LogP contribution in [0.15, 0.2) is 66.4 Å². The summed E-state index contributed by atoms with van der Waals surface area (Å²) in [7, 11) is 0. The fourth-order valence-corrected chi connectivity index (χ4v) is 2.76. The molecule has 0 saturated carbocycles. The maximum atomic E-state index is 12.4. The normalized spacial score (nSPS) is 18.1. The van der Waals surface area contributed by atoms with Gasteiger partial charge in [0.25, 0.3) is 5.91 Å². The monoisotopic (exact) mass is 362 g/mol. The van der Waals surface area contributed by atoms with Gasteiger partial charge in [0, 0.05) is 6.04 Å². The quantitative estimate of drug-likeness (QED) is 0.846. The molecule has 0 radical (unpaired) electrons. The number of amides is 1. The zero-order valence-electron chi connectivity index (χ0n) is 13.9. The summed E-state index contributed by atoms with van der Waals surface area (Å²) in [5.74, 6) is -0.628. The van der Waals surface area contributed by atoms with Crippen molar-refractivity contribution in [3.8, 4) is 5.75 Å². The Morgan fingerprint density at radius 1 is 1.12 bits per heavy atom. The molecule has 0 aromatic heterocycles. The van der Waals surface area contributed by atoms with Crippen molar-refractivity contribution in [3.05, 3.63) is 77.5 Å². The number of rotatable bonds is 5. The summed E-state index contributed by atoms with van der Waals surface area (Å²) in [4.78, 5) is 12.2. The summed E-state index contributed by atoms with van der Waals surface area (Å²) in [6, 6.07) is 14.6. The summed E-state index contributed by atoms with van der Waals surface area (Å²) in [5.41, 5.74) is 1.91. The molecule has 136 valence electrons. The minimum absolute atomic E-state index is 0.0909. The second kappa shape index (κ2) is 7.11. The first-order chi connectivity index (χ1) is 12.3. The highest BCUT2D eigenvalue weighted by atomic mass is 19.4. The van der Waals surface area contributed by atoms with Crippen molar-refractivity contribution in [1.29, 1.82) is 0 Å². The standard InChI is InChI=1S/C19H17F3N2O2/c1-12(13-6-3-2-4-7-13)23-17-11-16(24-18(17)25)14-8-5-9-15(10-14)26-19(20,21)22/h2-12,16,23H,1H3,(H,24,25)/t12-,16+/m1/s1. The van der Waals surface area contributed by atoms with Crippen LogP contribution in [0.3, 0.4) is 0 Å². The Balaban J connectivity index is 1.75. The van der Waals surface area contributed by atoms with E-state index in [-0.39, 0.29) is 17.7 Å². The van der Waals surface area contributed by atoms with Crippen LogP contribution < -0.4 is 15.4 Å². The van der Waals surface area contributed by atoms with Crippen molar-refractivity contribution < 1.29 is 22.7 Å². The fourth-order valence-electron chi connectivity index (χ4n) is 2.76. The molecule has 0 aliphatic carbocycles. The molecule has 4 nitrogen and oxygen atoms in total. The third-order valence-electron chi connectivity index (χ3n) is 3.99. The van der Waals surface area contributed by atoms with E-state index < -0.39 is 12.4 Å². The summed E-state index contributed by atoms with van der Waals surface area (Å²) in [6.45, 7) is 1.93. The first-order valence-corrected chi connectivity index (χ1v) is 8.02. The number of hydrogen-bond acceptors (Lipinski definition) is 3. The number of hydrogen-bond donors (Lipinski definition) is 2. The predicted octanol–water partition coefficient (Wildman–Crippen LogP) is 3.99. The van der Waals surface area contributed by atoms with Gasteiger partial charge in [-0.05, 0) is 36.3 Å². The van der Waals surface area contributed by atoms with E-state index in [2.05, 4.69) is 15.4 Å². The van der Waals surface area contributed by atoms with E-state index in [4.69, 9.17) is 0 Å². The average molecular weight is 362 g/mol. The molecular formula is C19H17F3N2O2. The first-order valence-electron chi connectivity index (χ1n) is 8.02. The third-order valence-corrected chi connectivity index (χ3v) is 3.99. The largest absolute Gasteiger partial charge is 0.573 e. The van der Waals surface area contributed by atoms with E-state index in [1.165, 1.54) is 18.2 Å². The van der Waals surface area contributed by atoms with E-state index in [0.717, 1.165) is 5.56 Å². The lowest BCUT2D eigenvalue weighted by atomic mass is 10.1. The summed E-state index contributed by atoms with van der Waals surface area (Å²) >= 11 is 0. The number of alkyl halides is 3. The first kappa shape index (κ1) is 17.8. The van der Waals surface area contributed by atoms with Gasteiger partial charge in [-0.25, -0.2) is 0 Å². The molecule has 26 heavy (non-hydrogen) atoms. The van der Waals surface area contributed by atoms with Crippen LogP contribution in [-0.4, -0.2) is 12.3 Å². The fraction of sp³-hybridized carbons (Fsp3) is 0.211. The molecule has 0 fully saturated rings. The molecule has 2 aromatic carbocycles. The van der Waals surface area contributed by atoms with Gasteiger partial charge >= 0.3 is 6.36 Å². The lowest BCUT2D eigenvalue weighted by Crippen LogP contribution is -2.28. The van der Waals surface area contributed by atoms with Crippen molar-refractivity contribution in [3.63, 3.8) is 0 Å². The summed E-state index contributed by atoms with van der Waals surface area (Å²) in [6.07, 6.45) is -3.10. The van der Waals surface area contributed by atoms with Gasteiger partial charge in [-0.15, -0.1) is 13.2 Å². The Morgan fingerprint density at radius 3 is 2.54 bits per heavy atom. The van der Waals surface area contributed by atoms with Crippen LogP contribution in [0, 0.1) is 0 Å². The minimum atomic E-state index is -4.76. The van der Waals surface area contributed by atoms with Crippen LogP contribution in [0.5, 0.6) is 5.75 Å². The highest BCUT2D eigenvalue weighted by molar-refractivity contribution is 5.96. The average Bonchev–Trinajstić information content (AvgIpc) is 2.95. The molecule has 3 rings (SSSR count). The molecule has 0 spiro atoms. The second-order valence-electron chi connectivity index (χ2n) is 5.93. The molecule has 1 amide bonds. The van der Waals surface area contributed by atoms with Gasteiger partial charge in [0.1, 0.15) is 5.75 Å². The Labute approximate surface area is 148 Å². The van der Waals surface area contributed by atoms with Crippen molar-refractivity contribution in [2.75, 3.05) is 0 Å². The van der Waals surface area contributed by atoms with E-state index in [9.17, 15) is 18.0 Å². The molecule has 1 aliphatic rings. The molecule has 0 bridgehead atoms. The van der Waals surface area contributed by atoms with Gasteiger partial charge in [0.05, 0.1) is 11.7 Å². The van der Waals surface area contributed by atoms with Crippen LogP contribution in [0.2, 0.25) is 0 Å². The molecule has 7 heteroatoms. The topological polar surface area (TPSA) is 50.4 Å². The van der Waals surface area contributed by atoms with Crippen molar-refractivity contribution in [2.45, 2.75) is 25.4 Å². The van der Waals surface area contributed by atoms with E-state index in [1.54, 1.807) is 12.1 Å². The van der Waals surface area contributed by atoms with Crippen molar-refractivity contribution >= 4 is 5.91 Å². The molecule has 2 aromatic rings. The number of carbonyl (C=O) groups is 1. The SMILES string of the molecule is C[C@@H](NC1=C[C@@H](c2cccc(OC(F)(F)F)c2)NC1=O)c1ccccc1. The van der Waals surface area contributed by atoms with Crippen LogP contribution >= 0.6 is 0 Å². The second-order valence-corrected chi connectivity index (χ2v) is 5.93. The van der Waals surface area contributed by atoms with E-state index >= 15 is 0 Å². The molecule has 2 atom stereocenters. The number of halogens is 3. The van der Waals surface area contributed by atoms with Gasteiger partial charge in [-0.1, -0.05) is 42.5 Å². The van der Waals surface area contributed by atoms with Crippen molar-refractivity contribution in [2.24, 2.45) is 0 Å². The maximum absolute atomic E-state index is 12.4. The number of benzene rings is 2. The maximum Gasteiger partial charge on any atom is 0.573 e. The Morgan fingerprint density at radius 2 is 1.85 bits per heavy atom. The lowest BCUT2D eigenvalue weighted by Gasteiger charge is -2.15. The smallest absolute Gasteiger partial charge is 0.406 e. The number of nitrogens with one attached hydrogen (secondary N) is 2. The van der Waals surface area contributed by atoms with E-state index in [0.29, 0.717) is 11.3 Å². The Hall–Kier alpha value is -2.96. The van der Waals surface area contributed by atoms with Crippen LogP contribution in [0.25, 0.3) is 0 Å². The molecule has 1 heterocycles. The summed E-state index contributed by atoms with van der Waals surface area (Å²) in [5, 5.41) is 5.87. The van der Waals surface area contributed by atoms with Crippen molar-refractivity contribution in [1.82, 2.24) is 10.6 Å². The number of carbonyl (C=O) groups excluding carboxylic acids is 1. The molecule has 1 aliphatic heterocycles. The zero-order valence-corrected chi connectivity index (χ0v) is 13.9. The summed E-state index contributed by atoms with van der Waals surface area (Å²) < 4.78 is 41.0. The third kappa shape index (κ3) is 4.36. The molecule has 0 unspecified atom stereocenters. The molecular weight excluding hydrogens is 345 g/mol. The van der Waals surface area contributed by atoms with E-state index in [1.807, 2.05) is 37.3 Å². The van der Waals surface area contributed by atoms with Crippen LogP contribution in [0.4, 0.5) is 13.2 Å². The van der Waals surface area contributed by atoms with Gasteiger partial charge in [0.15, 0.2) is 0 Å². The van der Waals surface area contributed by atoms with Gasteiger partial charge in [0.2, 0.25) is 0 Å². The Bertz CT molecular complexity index is 819. The highest BCUT2D eigenvalue weighted by Gasteiger charge is 2.32. The van der Waals surface area contributed by atoms with Gasteiger partial charge in [-0.2, -0.15) is 0 Å². The van der Waals surface area contributed by atoms with Gasteiger partial charge < -0.3 is 15.4 Å².